The van der Waals surface area contributed by atoms with Gasteiger partial charge in [0.15, 0.2) is 11.6 Å². The average Bonchev–Trinajstić information content (AvgIpc) is 3.68. The molecule has 0 saturated heterocycles. The predicted molar refractivity (Wildman–Crippen MR) is 203 cm³/mol. The zero-order chi connectivity index (χ0) is 38.3. The van der Waals surface area contributed by atoms with Gasteiger partial charge in [-0.15, -0.1) is 0 Å². The zero-order valence-electron chi connectivity index (χ0n) is 30.9. The molecule has 4 heterocycles. The van der Waals surface area contributed by atoms with E-state index >= 15 is 0 Å². The van der Waals surface area contributed by atoms with Gasteiger partial charge >= 0.3 is 12.1 Å². The van der Waals surface area contributed by atoms with Gasteiger partial charge in [-0.05, 0) is 61.8 Å². The van der Waals surface area contributed by atoms with E-state index in [1.807, 2.05) is 42.8 Å². The number of carbonyl (C=O) groups is 4. The van der Waals surface area contributed by atoms with Gasteiger partial charge in [-0.3, -0.25) is 19.3 Å². The molecule has 0 unspecified atom stereocenters. The molecule has 7 rings (SSSR count). The number of anilines is 2. The number of rotatable bonds is 8. The molecule has 4 aromatic rings. The summed E-state index contributed by atoms with van der Waals surface area (Å²) in [5, 5.41) is 15.7. The number of imidazole rings is 2. The SMILES string of the molecule is COC(=O)C1CCC(CN2CCc3c(nc(C(=O)Nc4cccc(-c5cccc(NC(=O)c6nc7c(n6C)CCN(C(=O)O)C7)c5C)c4Cl)n3C)C2)CC1. The Labute approximate surface area is 318 Å². The van der Waals surface area contributed by atoms with Crippen LogP contribution in [0.1, 0.15) is 75.3 Å². The van der Waals surface area contributed by atoms with Crippen molar-refractivity contribution in [3.05, 3.63) is 81.4 Å². The second-order valence-corrected chi connectivity index (χ2v) is 14.9. The lowest BCUT2D eigenvalue weighted by molar-refractivity contribution is -0.146. The number of halogens is 1. The Kier molecular flexibility index (Phi) is 10.5. The third-order valence-electron chi connectivity index (χ3n) is 11.3. The molecule has 1 saturated carbocycles. The van der Waals surface area contributed by atoms with Crippen molar-refractivity contribution in [2.24, 2.45) is 25.9 Å². The lowest BCUT2D eigenvalue weighted by atomic mass is 9.81. The van der Waals surface area contributed by atoms with Crippen LogP contribution >= 0.6 is 11.6 Å². The molecule has 2 aliphatic heterocycles. The Bertz CT molecular complexity index is 2130. The molecule has 1 fully saturated rings. The number of hydrogen-bond acceptors (Lipinski definition) is 8. The van der Waals surface area contributed by atoms with E-state index in [-0.39, 0.29) is 30.2 Å². The van der Waals surface area contributed by atoms with Crippen molar-refractivity contribution in [1.29, 1.82) is 0 Å². The number of amides is 3. The minimum atomic E-state index is -1.02. The van der Waals surface area contributed by atoms with Crippen LogP contribution in [0.3, 0.4) is 0 Å². The molecule has 0 atom stereocenters. The lowest BCUT2D eigenvalue weighted by Gasteiger charge is -2.33. The van der Waals surface area contributed by atoms with Gasteiger partial charge in [-0.2, -0.15) is 0 Å². The van der Waals surface area contributed by atoms with Gasteiger partial charge in [0.2, 0.25) is 0 Å². The van der Waals surface area contributed by atoms with Crippen LogP contribution < -0.4 is 10.6 Å². The number of benzene rings is 2. The summed E-state index contributed by atoms with van der Waals surface area (Å²) < 4.78 is 8.54. The fourth-order valence-electron chi connectivity index (χ4n) is 8.20. The number of ether oxygens (including phenoxy) is 1. The second-order valence-electron chi connectivity index (χ2n) is 14.5. The molecule has 3 amide bonds. The number of carbonyl (C=O) groups excluding carboxylic acids is 3. The third-order valence-corrected chi connectivity index (χ3v) is 11.7. The van der Waals surface area contributed by atoms with Crippen LogP contribution in [0.15, 0.2) is 36.4 Å². The smallest absolute Gasteiger partial charge is 0.407 e. The van der Waals surface area contributed by atoms with Gasteiger partial charge in [0, 0.05) is 75.8 Å². The molecule has 3 aliphatic rings. The van der Waals surface area contributed by atoms with Crippen molar-refractivity contribution in [1.82, 2.24) is 28.9 Å². The van der Waals surface area contributed by atoms with Crippen LogP contribution in [0.2, 0.25) is 5.02 Å². The molecular weight excluding hydrogens is 712 g/mol. The van der Waals surface area contributed by atoms with Crippen LogP contribution in [-0.4, -0.2) is 84.6 Å². The maximum Gasteiger partial charge on any atom is 0.407 e. The van der Waals surface area contributed by atoms with Crippen molar-refractivity contribution in [2.75, 3.05) is 37.4 Å². The summed E-state index contributed by atoms with van der Waals surface area (Å²) in [5.41, 5.74) is 6.60. The monoisotopic (exact) mass is 756 g/mol. The molecule has 15 heteroatoms. The van der Waals surface area contributed by atoms with E-state index in [1.54, 1.807) is 23.7 Å². The molecule has 284 valence electrons. The van der Waals surface area contributed by atoms with Crippen LogP contribution in [0.4, 0.5) is 16.2 Å². The number of nitrogens with one attached hydrogen (secondary N) is 2. The minimum Gasteiger partial charge on any atom is -0.469 e. The first-order valence-corrected chi connectivity index (χ1v) is 18.7. The zero-order valence-corrected chi connectivity index (χ0v) is 31.7. The molecule has 14 nitrogen and oxygen atoms in total. The number of fused-ring (bicyclic) bond motifs is 2. The van der Waals surface area contributed by atoms with Crippen molar-refractivity contribution in [3.63, 3.8) is 0 Å². The highest BCUT2D eigenvalue weighted by molar-refractivity contribution is 6.36. The quantitative estimate of drug-likeness (QED) is 0.193. The van der Waals surface area contributed by atoms with Gasteiger partial charge in [0.25, 0.3) is 11.8 Å². The Morgan fingerprint density at radius 2 is 1.41 bits per heavy atom. The largest absolute Gasteiger partial charge is 0.469 e. The van der Waals surface area contributed by atoms with Crippen LogP contribution in [0.25, 0.3) is 11.1 Å². The van der Waals surface area contributed by atoms with Gasteiger partial charge in [0.1, 0.15) is 0 Å². The van der Waals surface area contributed by atoms with E-state index in [0.717, 1.165) is 73.4 Å². The molecule has 3 N–H and O–H groups in total. The molecule has 0 bridgehead atoms. The summed E-state index contributed by atoms with van der Waals surface area (Å²) in [7, 11) is 5.09. The molecule has 0 radical (unpaired) electrons. The Hall–Kier alpha value is -5.21. The number of aromatic nitrogens is 4. The molecular formula is C39H45ClN8O6. The maximum atomic E-state index is 13.7. The Balaban J connectivity index is 1.03. The summed E-state index contributed by atoms with van der Waals surface area (Å²) >= 11 is 6.98. The van der Waals surface area contributed by atoms with Gasteiger partial charge in [0.05, 0.1) is 41.7 Å². The molecule has 1 aliphatic carbocycles. The summed E-state index contributed by atoms with van der Waals surface area (Å²) in [4.78, 5) is 63.6. The second kappa shape index (κ2) is 15.3. The van der Waals surface area contributed by atoms with Crippen molar-refractivity contribution >= 4 is 46.9 Å². The Morgan fingerprint density at radius 1 is 0.833 bits per heavy atom. The van der Waals surface area contributed by atoms with E-state index in [0.29, 0.717) is 58.9 Å². The molecule has 2 aromatic carbocycles. The van der Waals surface area contributed by atoms with Crippen LogP contribution in [-0.2, 0) is 49.6 Å². The first kappa shape index (κ1) is 37.1. The average molecular weight is 757 g/mol. The number of carboxylic acid groups (broad SMARTS) is 1. The first-order valence-electron chi connectivity index (χ1n) is 18.3. The van der Waals surface area contributed by atoms with Gasteiger partial charge < -0.3 is 34.5 Å². The van der Waals surface area contributed by atoms with Gasteiger partial charge in [-0.25, -0.2) is 14.8 Å². The number of nitrogens with zero attached hydrogens (tertiary/aromatic N) is 6. The summed E-state index contributed by atoms with van der Waals surface area (Å²) in [6.45, 7) is 4.85. The number of hydrogen-bond donors (Lipinski definition) is 3. The van der Waals surface area contributed by atoms with E-state index in [4.69, 9.17) is 21.3 Å². The van der Waals surface area contributed by atoms with Crippen molar-refractivity contribution < 1.29 is 29.0 Å². The van der Waals surface area contributed by atoms with Crippen LogP contribution in [0, 0.1) is 18.8 Å². The Morgan fingerprint density at radius 3 is 2.04 bits per heavy atom. The minimum absolute atomic E-state index is 0.00757. The lowest BCUT2D eigenvalue weighted by Crippen LogP contribution is -2.36. The van der Waals surface area contributed by atoms with Gasteiger partial charge in [-0.1, -0.05) is 35.9 Å². The predicted octanol–water partition coefficient (Wildman–Crippen LogP) is 5.66. The van der Waals surface area contributed by atoms with E-state index in [9.17, 15) is 24.3 Å². The molecule has 54 heavy (non-hydrogen) atoms. The number of esters is 1. The standard InChI is InChI=1S/C39H45ClN8O6/c1-22-25(7-5-9-27(22)43-36(49)34-42-30-21-48(39(52)53)18-16-32(30)46(34)3)26-8-6-10-28(33(26)40)44-37(50)35-41-29-20-47(17-15-31(29)45(35)2)19-23-11-13-24(14-12-23)38(51)54-4/h5-10,23-24H,11-21H2,1-4H3,(H,43,49)(H,44,50)(H,52,53). The fraction of sp³-hybridized carbons (Fsp3) is 0.436. The molecule has 2 aromatic heterocycles. The third kappa shape index (κ3) is 7.19. The van der Waals surface area contributed by atoms with E-state index in [1.165, 1.54) is 12.0 Å². The topological polar surface area (TPSA) is 164 Å². The highest BCUT2D eigenvalue weighted by Gasteiger charge is 2.31. The molecule has 0 spiro atoms. The normalized spacial score (nSPS) is 18.4. The summed E-state index contributed by atoms with van der Waals surface area (Å²) in [6.07, 6.45) is 3.97. The fourth-order valence-corrected chi connectivity index (χ4v) is 8.48. The maximum absolute atomic E-state index is 13.7. The highest BCUT2D eigenvalue weighted by Crippen LogP contribution is 2.38. The van der Waals surface area contributed by atoms with E-state index < -0.39 is 12.0 Å². The summed E-state index contributed by atoms with van der Waals surface area (Å²) in [5.74, 6) is 0.165. The van der Waals surface area contributed by atoms with Crippen molar-refractivity contribution in [3.8, 4) is 11.1 Å². The first-order chi connectivity index (χ1) is 25.9. The highest BCUT2D eigenvalue weighted by atomic mass is 35.5. The van der Waals surface area contributed by atoms with Crippen molar-refractivity contribution in [2.45, 2.75) is 58.5 Å². The number of methoxy groups -OCH3 is 1. The summed E-state index contributed by atoms with van der Waals surface area (Å²) in [6, 6.07) is 11.0. The van der Waals surface area contributed by atoms with E-state index in [2.05, 4.69) is 20.5 Å². The van der Waals surface area contributed by atoms with Crippen LogP contribution in [0.5, 0.6) is 0 Å².